The van der Waals surface area contributed by atoms with Gasteiger partial charge in [0, 0.05) is 12.1 Å². The van der Waals surface area contributed by atoms with Crippen molar-refractivity contribution in [2.45, 2.75) is 19.9 Å². The van der Waals surface area contributed by atoms with Crippen LogP contribution in [0.1, 0.15) is 12.7 Å². The summed E-state index contributed by atoms with van der Waals surface area (Å²) in [6.07, 6.45) is 1.60. The highest BCUT2D eigenvalue weighted by molar-refractivity contribution is 5.95. The molecule has 1 atom stereocenters. The Morgan fingerprint density at radius 1 is 1.45 bits per heavy atom. The first kappa shape index (κ1) is 13.9. The number of ether oxygens (including phenoxy) is 1. The molecule has 2 rings (SSSR count). The summed E-state index contributed by atoms with van der Waals surface area (Å²) in [5.74, 6) is 1.34. The maximum absolute atomic E-state index is 11.9. The van der Waals surface area contributed by atoms with Crippen LogP contribution in [0.2, 0.25) is 0 Å². The normalized spacial score (nSPS) is 11.8. The molecule has 0 saturated carbocycles. The molecule has 2 aromatic heterocycles. The number of pyridine rings is 1. The zero-order valence-corrected chi connectivity index (χ0v) is 11.5. The van der Waals surface area contributed by atoms with Crippen molar-refractivity contribution in [3.05, 3.63) is 30.2 Å². The summed E-state index contributed by atoms with van der Waals surface area (Å²) in [6, 6.07) is 4.71. The summed E-state index contributed by atoms with van der Waals surface area (Å²) in [6.45, 7) is 3.50. The molecule has 7 heteroatoms. The number of carbonyl (C=O) groups is 1. The summed E-state index contributed by atoms with van der Waals surface area (Å²) in [5, 5.41) is 9.39. The fraction of sp³-hybridized carbons (Fsp3) is 0.308. The molecular weight excluding hydrogens is 260 g/mol. The number of anilines is 2. The second-order valence-electron chi connectivity index (χ2n) is 4.27. The van der Waals surface area contributed by atoms with E-state index < -0.39 is 6.04 Å². The van der Waals surface area contributed by atoms with Crippen LogP contribution in [-0.4, -0.2) is 29.2 Å². The summed E-state index contributed by atoms with van der Waals surface area (Å²) >= 11 is 0. The molecule has 106 valence electrons. The Hall–Kier alpha value is -2.57. The third-order valence-corrected chi connectivity index (χ3v) is 2.60. The van der Waals surface area contributed by atoms with Crippen LogP contribution in [0.4, 0.5) is 11.5 Å². The Kier molecular flexibility index (Phi) is 4.19. The predicted octanol–water partition coefficient (Wildman–Crippen LogP) is 1.83. The second kappa shape index (κ2) is 6.05. The van der Waals surface area contributed by atoms with Crippen molar-refractivity contribution >= 4 is 17.4 Å². The minimum atomic E-state index is -0.442. The van der Waals surface area contributed by atoms with Crippen LogP contribution in [-0.2, 0) is 4.79 Å². The summed E-state index contributed by atoms with van der Waals surface area (Å²) in [5.41, 5.74) is 0.727. The van der Waals surface area contributed by atoms with Gasteiger partial charge in [0.05, 0.1) is 19.0 Å². The lowest BCUT2D eigenvalue weighted by Gasteiger charge is -2.14. The summed E-state index contributed by atoms with van der Waals surface area (Å²) in [4.78, 5) is 16.0. The Bertz CT molecular complexity index is 580. The number of hydrogen-bond donors (Lipinski definition) is 2. The van der Waals surface area contributed by atoms with E-state index in [-0.39, 0.29) is 5.91 Å². The van der Waals surface area contributed by atoms with Crippen molar-refractivity contribution in [1.29, 1.82) is 0 Å². The Morgan fingerprint density at radius 2 is 2.25 bits per heavy atom. The number of carbonyl (C=O) groups excluding carboxylic acids is 1. The molecule has 2 heterocycles. The maximum Gasteiger partial charge on any atom is 0.247 e. The molecule has 0 bridgehead atoms. The highest BCUT2D eigenvalue weighted by Crippen LogP contribution is 2.13. The topological polar surface area (TPSA) is 89.3 Å². The smallest absolute Gasteiger partial charge is 0.247 e. The number of methoxy groups -OCH3 is 1. The van der Waals surface area contributed by atoms with E-state index in [2.05, 4.69) is 20.8 Å². The van der Waals surface area contributed by atoms with Crippen LogP contribution in [0.15, 0.2) is 28.9 Å². The average molecular weight is 276 g/mol. The highest BCUT2D eigenvalue weighted by Gasteiger charge is 2.14. The van der Waals surface area contributed by atoms with Crippen molar-refractivity contribution in [2.75, 3.05) is 17.7 Å². The molecule has 20 heavy (non-hydrogen) atoms. The Balaban J connectivity index is 1.92. The van der Waals surface area contributed by atoms with E-state index in [1.807, 2.05) is 0 Å². The fourth-order valence-corrected chi connectivity index (χ4v) is 1.56. The number of nitrogens with zero attached hydrogens (tertiary/aromatic N) is 2. The lowest BCUT2D eigenvalue weighted by molar-refractivity contribution is -0.116. The van der Waals surface area contributed by atoms with Crippen molar-refractivity contribution in [3.8, 4) is 5.88 Å². The van der Waals surface area contributed by atoms with Crippen molar-refractivity contribution in [2.24, 2.45) is 0 Å². The fourth-order valence-electron chi connectivity index (χ4n) is 1.56. The predicted molar refractivity (Wildman–Crippen MR) is 73.7 cm³/mol. The summed E-state index contributed by atoms with van der Waals surface area (Å²) < 4.78 is 9.85. The average Bonchev–Trinajstić information content (AvgIpc) is 2.85. The van der Waals surface area contributed by atoms with Gasteiger partial charge in [-0.1, -0.05) is 5.16 Å². The first-order chi connectivity index (χ1) is 9.58. The van der Waals surface area contributed by atoms with E-state index in [1.54, 1.807) is 45.4 Å². The SMILES string of the molecule is COc1ccc(NC(C)C(=O)Nc2cc(C)on2)cn1. The van der Waals surface area contributed by atoms with E-state index in [1.165, 1.54) is 0 Å². The van der Waals surface area contributed by atoms with E-state index in [4.69, 9.17) is 9.26 Å². The van der Waals surface area contributed by atoms with Gasteiger partial charge in [-0.05, 0) is 19.9 Å². The van der Waals surface area contributed by atoms with Crippen LogP contribution in [0.25, 0.3) is 0 Å². The standard InChI is InChI=1S/C13H16N4O3/c1-8-6-11(17-20-8)16-13(18)9(2)15-10-4-5-12(19-3)14-7-10/h4-7,9,15H,1-3H3,(H,16,17,18). The molecule has 0 radical (unpaired) electrons. The second-order valence-corrected chi connectivity index (χ2v) is 4.27. The molecule has 2 aromatic rings. The molecule has 0 fully saturated rings. The minimum Gasteiger partial charge on any atom is -0.481 e. The number of hydrogen-bond acceptors (Lipinski definition) is 6. The molecule has 2 N–H and O–H groups in total. The van der Waals surface area contributed by atoms with Gasteiger partial charge in [0.1, 0.15) is 11.8 Å². The van der Waals surface area contributed by atoms with Crippen molar-refractivity contribution < 1.29 is 14.1 Å². The molecule has 7 nitrogen and oxygen atoms in total. The zero-order valence-electron chi connectivity index (χ0n) is 11.5. The van der Waals surface area contributed by atoms with Gasteiger partial charge < -0.3 is 19.9 Å². The van der Waals surface area contributed by atoms with E-state index >= 15 is 0 Å². The van der Waals surface area contributed by atoms with E-state index in [9.17, 15) is 4.79 Å². The first-order valence-electron chi connectivity index (χ1n) is 6.09. The van der Waals surface area contributed by atoms with Crippen LogP contribution < -0.4 is 15.4 Å². The molecule has 0 aliphatic rings. The van der Waals surface area contributed by atoms with Crippen LogP contribution in [0.5, 0.6) is 5.88 Å². The monoisotopic (exact) mass is 276 g/mol. The number of rotatable bonds is 5. The van der Waals surface area contributed by atoms with Gasteiger partial charge in [0.25, 0.3) is 0 Å². The maximum atomic E-state index is 11.9. The van der Waals surface area contributed by atoms with Crippen LogP contribution >= 0.6 is 0 Å². The molecule has 0 spiro atoms. The number of nitrogens with one attached hydrogen (secondary N) is 2. The molecular formula is C13H16N4O3. The molecule has 0 aromatic carbocycles. The molecule has 1 unspecified atom stereocenters. The largest absolute Gasteiger partial charge is 0.481 e. The Labute approximate surface area is 116 Å². The van der Waals surface area contributed by atoms with E-state index in [0.29, 0.717) is 17.5 Å². The van der Waals surface area contributed by atoms with Crippen LogP contribution in [0, 0.1) is 6.92 Å². The number of aromatic nitrogens is 2. The van der Waals surface area contributed by atoms with Gasteiger partial charge in [-0.15, -0.1) is 0 Å². The molecule has 0 saturated heterocycles. The van der Waals surface area contributed by atoms with Gasteiger partial charge in [-0.3, -0.25) is 4.79 Å². The van der Waals surface area contributed by atoms with Gasteiger partial charge in [0.2, 0.25) is 11.8 Å². The molecule has 0 aliphatic carbocycles. The van der Waals surface area contributed by atoms with Gasteiger partial charge >= 0.3 is 0 Å². The van der Waals surface area contributed by atoms with Gasteiger partial charge in [0.15, 0.2) is 5.82 Å². The van der Waals surface area contributed by atoms with Crippen molar-refractivity contribution in [1.82, 2.24) is 10.1 Å². The minimum absolute atomic E-state index is 0.214. The van der Waals surface area contributed by atoms with Crippen molar-refractivity contribution in [3.63, 3.8) is 0 Å². The van der Waals surface area contributed by atoms with Gasteiger partial charge in [-0.2, -0.15) is 0 Å². The third kappa shape index (κ3) is 3.47. The highest BCUT2D eigenvalue weighted by atomic mass is 16.5. The lowest BCUT2D eigenvalue weighted by atomic mass is 10.3. The van der Waals surface area contributed by atoms with E-state index in [0.717, 1.165) is 5.69 Å². The number of amides is 1. The number of aryl methyl sites for hydroxylation is 1. The molecule has 0 aliphatic heterocycles. The Morgan fingerprint density at radius 3 is 2.80 bits per heavy atom. The van der Waals surface area contributed by atoms with Gasteiger partial charge in [-0.25, -0.2) is 4.98 Å². The summed E-state index contributed by atoms with van der Waals surface area (Å²) in [7, 11) is 1.55. The zero-order chi connectivity index (χ0) is 14.5. The van der Waals surface area contributed by atoms with Crippen LogP contribution in [0.3, 0.4) is 0 Å². The lowest BCUT2D eigenvalue weighted by Crippen LogP contribution is -2.32. The quantitative estimate of drug-likeness (QED) is 0.866. The first-order valence-corrected chi connectivity index (χ1v) is 6.09. The molecule has 1 amide bonds. The third-order valence-electron chi connectivity index (χ3n) is 2.60.